The molecule has 4 nitrogen and oxygen atoms in total. The van der Waals surface area contributed by atoms with E-state index in [-0.39, 0.29) is 6.79 Å². The number of hydrogen-bond donors (Lipinski definition) is 1. The van der Waals surface area contributed by atoms with Crippen LogP contribution in [0.4, 0.5) is 0 Å². The van der Waals surface area contributed by atoms with Crippen molar-refractivity contribution in [2.24, 2.45) is 46.3 Å². The second-order valence-corrected chi connectivity index (χ2v) is 14.5. The molecule has 4 aliphatic rings. The molecule has 1 aromatic carbocycles. The van der Waals surface area contributed by atoms with E-state index in [0.717, 1.165) is 35.5 Å². The molecule has 0 aliphatic heterocycles. The van der Waals surface area contributed by atoms with E-state index in [1.165, 1.54) is 76.2 Å². The van der Waals surface area contributed by atoms with Crippen molar-refractivity contribution >= 4 is 6.79 Å². The lowest BCUT2D eigenvalue weighted by molar-refractivity contribution is -0.0980. The quantitative estimate of drug-likeness (QED) is 0.251. The molecule has 41 heavy (non-hydrogen) atoms. The first-order valence-electron chi connectivity index (χ1n) is 16.4. The SMILES string of the molecule is C=O.COC1CCC2(C)C(=CCC3C2CCC2(C)C(C(C)CCCC(C)C)CCC32)C1.Cc1ccc(OCO)cc1. The number of ether oxygens (including phenoxy) is 2. The molecule has 0 aromatic heterocycles. The van der Waals surface area contributed by atoms with Crippen molar-refractivity contribution in [2.75, 3.05) is 13.9 Å². The van der Waals surface area contributed by atoms with Crippen molar-refractivity contribution in [2.45, 2.75) is 118 Å². The van der Waals surface area contributed by atoms with Crippen molar-refractivity contribution in [1.29, 1.82) is 0 Å². The van der Waals surface area contributed by atoms with Crippen LogP contribution in [0.1, 0.15) is 111 Å². The summed E-state index contributed by atoms with van der Waals surface area (Å²) in [4.78, 5) is 8.00. The molecule has 3 saturated carbocycles. The van der Waals surface area contributed by atoms with E-state index in [1.807, 2.05) is 45.1 Å². The number of allylic oxidation sites excluding steroid dienone is 1. The fourth-order valence-electron chi connectivity index (χ4n) is 9.56. The van der Waals surface area contributed by atoms with Crippen LogP contribution < -0.4 is 4.74 Å². The number of carbonyl (C=O) groups excluding carboxylic acids is 1. The second-order valence-electron chi connectivity index (χ2n) is 14.5. The summed E-state index contributed by atoms with van der Waals surface area (Å²) in [6.07, 6.45) is 18.7. The smallest absolute Gasteiger partial charge is 0.186 e. The van der Waals surface area contributed by atoms with Gasteiger partial charge in [0.15, 0.2) is 6.79 Å². The highest BCUT2D eigenvalue weighted by molar-refractivity contribution is 5.26. The Hall–Kier alpha value is -1.65. The van der Waals surface area contributed by atoms with E-state index >= 15 is 0 Å². The van der Waals surface area contributed by atoms with Gasteiger partial charge < -0.3 is 19.4 Å². The molecule has 232 valence electrons. The van der Waals surface area contributed by atoms with E-state index in [1.54, 1.807) is 5.57 Å². The molecule has 0 radical (unpaired) electrons. The monoisotopic (exact) mass is 568 g/mol. The summed E-state index contributed by atoms with van der Waals surface area (Å²) < 4.78 is 10.6. The van der Waals surface area contributed by atoms with Crippen LogP contribution in [0, 0.1) is 53.3 Å². The van der Waals surface area contributed by atoms with Crippen LogP contribution in [-0.4, -0.2) is 31.9 Å². The van der Waals surface area contributed by atoms with Crippen LogP contribution >= 0.6 is 0 Å². The fraction of sp³-hybridized carbons (Fsp3) is 0.757. The molecule has 0 spiro atoms. The van der Waals surface area contributed by atoms with Gasteiger partial charge in [-0.15, -0.1) is 0 Å². The van der Waals surface area contributed by atoms with Gasteiger partial charge in [0.2, 0.25) is 0 Å². The van der Waals surface area contributed by atoms with Gasteiger partial charge in [-0.25, -0.2) is 0 Å². The number of benzene rings is 1. The summed E-state index contributed by atoms with van der Waals surface area (Å²) in [6, 6.07) is 7.52. The Morgan fingerprint density at radius 3 is 2.32 bits per heavy atom. The molecular formula is C37H60O4. The average Bonchev–Trinajstić information content (AvgIpc) is 3.32. The molecular weight excluding hydrogens is 508 g/mol. The first kappa shape index (κ1) is 33.8. The molecule has 8 unspecified atom stereocenters. The molecule has 3 fully saturated rings. The van der Waals surface area contributed by atoms with E-state index in [2.05, 4.69) is 40.7 Å². The van der Waals surface area contributed by atoms with E-state index in [4.69, 9.17) is 19.4 Å². The third-order valence-electron chi connectivity index (χ3n) is 11.8. The van der Waals surface area contributed by atoms with Crippen LogP contribution in [0.3, 0.4) is 0 Å². The zero-order valence-corrected chi connectivity index (χ0v) is 27.3. The summed E-state index contributed by atoms with van der Waals surface area (Å²) in [5.41, 5.74) is 4.03. The van der Waals surface area contributed by atoms with Gasteiger partial charge in [-0.05, 0) is 117 Å². The molecule has 1 N–H and O–H groups in total. The Morgan fingerprint density at radius 2 is 1.68 bits per heavy atom. The standard InChI is InChI=1S/C28H48O.C8H10O2.CH2O/c1-19(2)8-7-9-20(3)24-12-13-25-23-11-10-21-18-22(29-6)14-16-27(21,4)26(23)15-17-28(24,25)5;1-7-2-4-8(5-3-7)10-6-9;1-2/h10,19-20,22-26H,7-9,11-18H2,1-6H3;2-5,9H,6H2,1H3;1H2. The van der Waals surface area contributed by atoms with Crippen LogP contribution in [0.25, 0.3) is 0 Å². The van der Waals surface area contributed by atoms with Crippen molar-refractivity contribution in [3.8, 4) is 5.75 Å². The van der Waals surface area contributed by atoms with Gasteiger partial charge in [-0.2, -0.15) is 0 Å². The molecule has 0 heterocycles. The number of rotatable bonds is 8. The second kappa shape index (κ2) is 15.2. The molecule has 5 rings (SSSR count). The van der Waals surface area contributed by atoms with Crippen LogP contribution in [0.5, 0.6) is 5.75 Å². The van der Waals surface area contributed by atoms with Gasteiger partial charge >= 0.3 is 0 Å². The minimum Gasteiger partial charge on any atom is -0.468 e. The Kier molecular flexibility index (Phi) is 12.5. The van der Waals surface area contributed by atoms with Crippen molar-refractivity contribution < 1.29 is 19.4 Å². The number of carbonyl (C=O) groups is 1. The maximum absolute atomic E-state index is 8.37. The third kappa shape index (κ3) is 7.66. The average molecular weight is 569 g/mol. The molecule has 4 heteroatoms. The number of methoxy groups -OCH3 is 1. The largest absolute Gasteiger partial charge is 0.468 e. The topological polar surface area (TPSA) is 55.8 Å². The zero-order valence-electron chi connectivity index (χ0n) is 27.3. The molecule has 0 amide bonds. The maximum Gasteiger partial charge on any atom is 0.186 e. The predicted molar refractivity (Wildman–Crippen MR) is 170 cm³/mol. The third-order valence-corrected chi connectivity index (χ3v) is 11.8. The van der Waals surface area contributed by atoms with Gasteiger partial charge in [0.05, 0.1) is 6.10 Å². The highest BCUT2D eigenvalue weighted by Gasteiger charge is 2.59. The van der Waals surface area contributed by atoms with Crippen LogP contribution in [0.2, 0.25) is 0 Å². The van der Waals surface area contributed by atoms with E-state index in [0.29, 0.717) is 22.7 Å². The van der Waals surface area contributed by atoms with Crippen LogP contribution in [-0.2, 0) is 9.53 Å². The Bertz CT molecular complexity index is 954. The minimum atomic E-state index is -0.261. The highest BCUT2D eigenvalue weighted by atomic mass is 16.6. The van der Waals surface area contributed by atoms with Crippen molar-refractivity contribution in [3.05, 3.63) is 41.5 Å². The van der Waals surface area contributed by atoms with Gasteiger partial charge in [0.25, 0.3) is 0 Å². The van der Waals surface area contributed by atoms with Crippen LogP contribution in [0.15, 0.2) is 35.9 Å². The Morgan fingerprint density at radius 1 is 0.976 bits per heavy atom. The van der Waals surface area contributed by atoms with Gasteiger partial charge in [0.1, 0.15) is 12.5 Å². The van der Waals surface area contributed by atoms with Gasteiger partial charge in [-0.3, -0.25) is 0 Å². The summed E-state index contributed by atoms with van der Waals surface area (Å²) in [5, 5.41) is 8.37. The summed E-state index contributed by atoms with van der Waals surface area (Å²) in [7, 11) is 1.91. The first-order valence-corrected chi connectivity index (χ1v) is 16.4. The molecule has 0 bridgehead atoms. The summed E-state index contributed by atoms with van der Waals surface area (Å²) in [5.74, 6) is 6.33. The molecule has 1 aromatic rings. The highest BCUT2D eigenvalue weighted by Crippen LogP contribution is 2.67. The summed E-state index contributed by atoms with van der Waals surface area (Å²) >= 11 is 0. The molecule has 4 aliphatic carbocycles. The normalized spacial score (nSPS) is 34.5. The fourth-order valence-corrected chi connectivity index (χ4v) is 9.56. The lowest BCUT2D eigenvalue weighted by Gasteiger charge is -2.58. The van der Waals surface area contributed by atoms with Crippen molar-refractivity contribution in [1.82, 2.24) is 0 Å². The number of aliphatic hydroxyl groups excluding tert-OH is 1. The van der Waals surface area contributed by atoms with Gasteiger partial charge in [-0.1, -0.05) is 83.2 Å². The lowest BCUT2D eigenvalue weighted by Crippen LogP contribution is -2.50. The van der Waals surface area contributed by atoms with E-state index in [9.17, 15) is 0 Å². The minimum absolute atomic E-state index is 0.261. The number of aryl methyl sites for hydroxylation is 1. The Balaban J connectivity index is 0.000000324. The lowest BCUT2D eigenvalue weighted by atomic mass is 9.47. The van der Waals surface area contributed by atoms with E-state index < -0.39 is 0 Å². The first-order chi connectivity index (χ1) is 19.6. The number of fused-ring (bicyclic) bond motifs is 5. The maximum atomic E-state index is 8.37. The molecule has 0 saturated heterocycles. The van der Waals surface area contributed by atoms with Crippen molar-refractivity contribution in [3.63, 3.8) is 0 Å². The number of aliphatic hydroxyl groups is 1. The molecule has 8 atom stereocenters. The zero-order chi connectivity index (χ0) is 30.2. The Labute approximate surface area is 251 Å². The number of hydrogen-bond acceptors (Lipinski definition) is 4. The van der Waals surface area contributed by atoms with Gasteiger partial charge in [0, 0.05) is 7.11 Å². The summed E-state index contributed by atoms with van der Waals surface area (Å²) in [6.45, 7) is 16.4. The predicted octanol–water partition coefficient (Wildman–Crippen LogP) is 9.18.